The Morgan fingerprint density at radius 2 is 2.17 bits per heavy atom. The minimum Gasteiger partial charge on any atom is -0.496 e. The van der Waals surface area contributed by atoms with Gasteiger partial charge in [-0.15, -0.1) is 0 Å². The number of halogens is 1. The summed E-state index contributed by atoms with van der Waals surface area (Å²) in [6.07, 6.45) is 1.64. The molecule has 2 rings (SSSR count). The van der Waals surface area contributed by atoms with Crippen LogP contribution in [-0.4, -0.2) is 47.5 Å². The molecule has 23 heavy (non-hydrogen) atoms. The number of methoxy groups -OCH3 is 1. The summed E-state index contributed by atoms with van der Waals surface area (Å²) in [4.78, 5) is 13.9. The number of rotatable bonds is 5. The monoisotopic (exact) mass is 437 g/mol. The van der Waals surface area contributed by atoms with E-state index in [0.29, 0.717) is 16.2 Å². The Morgan fingerprint density at radius 3 is 2.78 bits per heavy atom. The molecule has 1 heterocycles. The number of hydrogen-bond donors (Lipinski definition) is 1. The first kappa shape index (κ1) is 18.4. The summed E-state index contributed by atoms with van der Waals surface area (Å²) >= 11 is 9.52. The molecule has 10 heteroatoms. The molecule has 0 atom stereocenters. The number of thiocarbonyl (C=S) groups is 1. The van der Waals surface area contributed by atoms with Crippen molar-refractivity contribution < 1.29 is 22.5 Å². The standard InChI is InChI=1S/C13H12BrNO5S3/c1-20-10-3-2-9(14)6-8(10)7-11-12(16)15(13(21)22-11)4-5-23(17,18)19/h2-3,6-7H,4-5H2,1H3,(H,17,18,19)/b11-7+. The maximum atomic E-state index is 12.3. The molecule has 1 aromatic rings. The highest BCUT2D eigenvalue weighted by atomic mass is 79.9. The van der Waals surface area contributed by atoms with Crippen molar-refractivity contribution in [3.63, 3.8) is 0 Å². The van der Waals surface area contributed by atoms with Gasteiger partial charge in [-0.1, -0.05) is 39.9 Å². The van der Waals surface area contributed by atoms with E-state index in [9.17, 15) is 13.2 Å². The molecule has 1 N–H and O–H groups in total. The van der Waals surface area contributed by atoms with Crippen LogP contribution in [0.1, 0.15) is 5.56 Å². The number of benzene rings is 1. The maximum Gasteiger partial charge on any atom is 0.266 e. The van der Waals surface area contributed by atoms with Crippen molar-refractivity contribution >= 4 is 66.3 Å². The van der Waals surface area contributed by atoms with Crippen molar-refractivity contribution in [1.29, 1.82) is 0 Å². The first-order valence-corrected chi connectivity index (χ1v) is 9.88. The third kappa shape index (κ3) is 4.77. The summed E-state index contributed by atoms with van der Waals surface area (Å²) in [6.45, 7) is -0.184. The van der Waals surface area contributed by atoms with Gasteiger partial charge < -0.3 is 4.74 Å². The lowest BCUT2D eigenvalue weighted by Gasteiger charge is -2.12. The number of ether oxygens (including phenoxy) is 1. The number of carbonyl (C=O) groups excluding carboxylic acids is 1. The topological polar surface area (TPSA) is 83.9 Å². The van der Waals surface area contributed by atoms with Gasteiger partial charge in [0.15, 0.2) is 0 Å². The van der Waals surface area contributed by atoms with E-state index < -0.39 is 21.8 Å². The molecule has 0 radical (unpaired) electrons. The van der Waals surface area contributed by atoms with Gasteiger partial charge in [0.25, 0.3) is 16.0 Å². The summed E-state index contributed by atoms with van der Waals surface area (Å²) in [6, 6.07) is 5.37. The summed E-state index contributed by atoms with van der Waals surface area (Å²) in [5, 5.41) is 0. The van der Waals surface area contributed by atoms with E-state index in [1.54, 1.807) is 18.2 Å². The minimum absolute atomic E-state index is 0.184. The van der Waals surface area contributed by atoms with Gasteiger partial charge in [-0.25, -0.2) is 0 Å². The molecule has 1 saturated heterocycles. The molecule has 1 fully saturated rings. The zero-order valence-corrected chi connectivity index (χ0v) is 15.9. The highest BCUT2D eigenvalue weighted by Gasteiger charge is 2.32. The number of amides is 1. The van der Waals surface area contributed by atoms with E-state index in [0.717, 1.165) is 21.1 Å². The minimum atomic E-state index is -4.16. The molecule has 124 valence electrons. The van der Waals surface area contributed by atoms with Gasteiger partial charge in [-0.05, 0) is 24.3 Å². The SMILES string of the molecule is COc1ccc(Br)cc1/C=C1/SC(=S)N(CCS(=O)(=O)O)C1=O. The molecule has 0 spiro atoms. The van der Waals surface area contributed by atoms with Crippen LogP contribution < -0.4 is 4.74 Å². The van der Waals surface area contributed by atoms with Crippen LogP contribution in [0.5, 0.6) is 5.75 Å². The number of hydrogen-bond acceptors (Lipinski definition) is 6. The summed E-state index contributed by atoms with van der Waals surface area (Å²) in [5.74, 6) is -0.366. The Balaban J connectivity index is 2.27. The lowest BCUT2D eigenvalue weighted by Crippen LogP contribution is -2.32. The quantitative estimate of drug-likeness (QED) is 0.430. The second-order valence-corrected chi connectivity index (χ2v) is 8.67. The molecule has 0 bridgehead atoms. The molecular formula is C13H12BrNO5S3. The van der Waals surface area contributed by atoms with Gasteiger partial charge in [-0.2, -0.15) is 8.42 Å². The van der Waals surface area contributed by atoms with Crippen molar-refractivity contribution in [2.24, 2.45) is 0 Å². The van der Waals surface area contributed by atoms with Crippen LogP contribution in [-0.2, 0) is 14.9 Å². The highest BCUT2D eigenvalue weighted by molar-refractivity contribution is 9.10. The fourth-order valence-corrected chi connectivity index (χ4v) is 3.95. The molecule has 0 aromatic heterocycles. The van der Waals surface area contributed by atoms with Gasteiger partial charge in [-0.3, -0.25) is 14.2 Å². The summed E-state index contributed by atoms with van der Waals surface area (Å²) in [7, 11) is -2.63. The summed E-state index contributed by atoms with van der Waals surface area (Å²) < 4.78 is 36.8. The fourth-order valence-electron chi connectivity index (χ4n) is 1.86. The second-order valence-electron chi connectivity index (χ2n) is 4.51. The van der Waals surface area contributed by atoms with Gasteiger partial charge in [0.2, 0.25) is 0 Å². The molecule has 1 amide bonds. The van der Waals surface area contributed by atoms with Crippen LogP contribution in [0.4, 0.5) is 0 Å². The van der Waals surface area contributed by atoms with Crippen molar-refractivity contribution in [1.82, 2.24) is 4.90 Å². The average Bonchev–Trinajstić information content (AvgIpc) is 2.71. The van der Waals surface area contributed by atoms with Crippen LogP contribution in [0.3, 0.4) is 0 Å². The predicted molar refractivity (Wildman–Crippen MR) is 97.0 cm³/mol. The lowest BCUT2D eigenvalue weighted by atomic mass is 10.2. The van der Waals surface area contributed by atoms with E-state index in [1.165, 1.54) is 7.11 Å². The third-order valence-electron chi connectivity index (χ3n) is 2.92. The highest BCUT2D eigenvalue weighted by Crippen LogP contribution is 2.34. The van der Waals surface area contributed by atoms with Crippen LogP contribution >= 0.6 is 39.9 Å². The zero-order valence-electron chi connectivity index (χ0n) is 11.9. The van der Waals surface area contributed by atoms with Gasteiger partial charge in [0.1, 0.15) is 10.1 Å². The predicted octanol–water partition coefficient (Wildman–Crippen LogP) is 2.55. The fraction of sp³-hybridized carbons (Fsp3) is 0.231. The molecule has 1 aromatic carbocycles. The largest absolute Gasteiger partial charge is 0.496 e. The van der Waals surface area contributed by atoms with Gasteiger partial charge in [0, 0.05) is 16.6 Å². The van der Waals surface area contributed by atoms with Gasteiger partial charge in [0.05, 0.1) is 17.8 Å². The van der Waals surface area contributed by atoms with E-state index >= 15 is 0 Å². The van der Waals surface area contributed by atoms with E-state index in [-0.39, 0.29) is 10.9 Å². The van der Waals surface area contributed by atoms with E-state index in [2.05, 4.69) is 15.9 Å². The second kappa shape index (κ2) is 7.31. The van der Waals surface area contributed by atoms with Crippen molar-refractivity contribution in [2.75, 3.05) is 19.4 Å². The Hall–Kier alpha value is -0.940. The summed E-state index contributed by atoms with van der Waals surface area (Å²) in [5.41, 5.74) is 0.692. The van der Waals surface area contributed by atoms with E-state index in [4.69, 9.17) is 21.5 Å². The number of carbonyl (C=O) groups is 1. The smallest absolute Gasteiger partial charge is 0.266 e. The number of nitrogens with zero attached hydrogens (tertiary/aromatic N) is 1. The Labute approximate surface area is 151 Å². The lowest BCUT2D eigenvalue weighted by molar-refractivity contribution is -0.121. The van der Waals surface area contributed by atoms with Gasteiger partial charge >= 0.3 is 0 Å². The van der Waals surface area contributed by atoms with Crippen molar-refractivity contribution in [2.45, 2.75) is 0 Å². The van der Waals surface area contributed by atoms with Crippen molar-refractivity contribution in [3.8, 4) is 5.75 Å². The molecule has 0 saturated carbocycles. The van der Waals surface area contributed by atoms with Crippen LogP contribution in [0.25, 0.3) is 6.08 Å². The molecule has 1 aliphatic heterocycles. The first-order chi connectivity index (χ1) is 10.7. The van der Waals surface area contributed by atoms with Crippen LogP contribution in [0, 0.1) is 0 Å². The van der Waals surface area contributed by atoms with E-state index in [1.807, 2.05) is 6.07 Å². The Kier molecular flexibility index (Phi) is 5.84. The number of thioether (sulfide) groups is 1. The molecule has 0 aliphatic carbocycles. The molecule has 1 aliphatic rings. The Morgan fingerprint density at radius 1 is 1.48 bits per heavy atom. The Bertz CT molecular complexity index is 791. The third-order valence-corrected chi connectivity index (χ3v) is 5.49. The van der Waals surface area contributed by atoms with Crippen molar-refractivity contribution in [3.05, 3.63) is 33.1 Å². The maximum absolute atomic E-state index is 12.3. The normalized spacial score (nSPS) is 17.2. The van der Waals surface area contributed by atoms with Crippen LogP contribution in [0.15, 0.2) is 27.6 Å². The zero-order chi connectivity index (χ0) is 17.2. The molecule has 0 unspecified atom stereocenters. The first-order valence-electron chi connectivity index (χ1n) is 6.25. The average molecular weight is 438 g/mol. The molecule has 6 nitrogen and oxygen atoms in total. The van der Waals surface area contributed by atoms with Crippen LogP contribution in [0.2, 0.25) is 0 Å². The molecular weight excluding hydrogens is 426 g/mol.